The van der Waals surface area contributed by atoms with Gasteiger partial charge in [0.15, 0.2) is 0 Å². The summed E-state index contributed by atoms with van der Waals surface area (Å²) >= 11 is 3.44. The minimum Gasteiger partial charge on any atom is -0.328 e. The lowest BCUT2D eigenvalue weighted by Gasteiger charge is -2.31. The average molecular weight is 283 g/mol. The molecule has 0 spiro atoms. The summed E-state index contributed by atoms with van der Waals surface area (Å²) in [6.07, 6.45) is 1.60. The molecule has 1 aromatic carbocycles. The maximum absolute atomic E-state index is 11.8. The first-order valence-electron chi connectivity index (χ1n) is 5.39. The molecule has 0 aromatic heterocycles. The second-order valence-electron chi connectivity index (χ2n) is 4.40. The molecule has 16 heavy (non-hydrogen) atoms. The third-order valence-electron chi connectivity index (χ3n) is 2.93. The predicted molar refractivity (Wildman–Crippen MR) is 68.2 cm³/mol. The van der Waals surface area contributed by atoms with Gasteiger partial charge in [-0.3, -0.25) is 4.79 Å². The Hall–Kier alpha value is -0.870. The summed E-state index contributed by atoms with van der Waals surface area (Å²) in [6.45, 7) is 2.02. The van der Waals surface area contributed by atoms with Gasteiger partial charge in [0.25, 0.3) is 0 Å². The molecule has 86 valence electrons. The number of amides is 1. The molecule has 0 radical (unpaired) electrons. The topological polar surface area (TPSA) is 55.1 Å². The molecule has 0 atom stereocenters. The molecular weight excluding hydrogens is 268 g/mol. The van der Waals surface area contributed by atoms with Crippen LogP contribution in [0.15, 0.2) is 22.7 Å². The molecular formula is C12H15BrN2O. The van der Waals surface area contributed by atoms with Gasteiger partial charge in [-0.05, 0) is 53.4 Å². The van der Waals surface area contributed by atoms with E-state index in [9.17, 15) is 4.79 Å². The highest BCUT2D eigenvalue weighted by Gasteiger charge is 2.32. The van der Waals surface area contributed by atoms with Gasteiger partial charge in [0, 0.05) is 16.4 Å². The van der Waals surface area contributed by atoms with Gasteiger partial charge in [0.05, 0.1) is 5.69 Å². The molecule has 1 amide bonds. The fourth-order valence-corrected chi connectivity index (χ4v) is 2.42. The van der Waals surface area contributed by atoms with Crippen molar-refractivity contribution in [3.05, 3.63) is 28.2 Å². The largest absolute Gasteiger partial charge is 0.328 e. The minimum absolute atomic E-state index is 0.0752. The Morgan fingerprint density at radius 3 is 2.75 bits per heavy atom. The molecule has 0 saturated heterocycles. The monoisotopic (exact) mass is 282 g/mol. The molecule has 1 aromatic rings. The lowest BCUT2D eigenvalue weighted by molar-refractivity contribution is -0.122. The first-order chi connectivity index (χ1) is 7.56. The number of carbonyl (C=O) groups is 1. The van der Waals surface area contributed by atoms with Gasteiger partial charge in [0.1, 0.15) is 0 Å². The number of nitrogens with two attached hydrogens (primary N) is 1. The number of benzene rings is 1. The molecule has 0 heterocycles. The first kappa shape index (κ1) is 11.6. The van der Waals surface area contributed by atoms with Crippen LogP contribution in [0, 0.1) is 12.8 Å². The van der Waals surface area contributed by atoms with Crippen molar-refractivity contribution in [2.24, 2.45) is 11.7 Å². The molecule has 0 unspecified atom stereocenters. The van der Waals surface area contributed by atoms with Crippen molar-refractivity contribution in [1.29, 1.82) is 0 Å². The lowest BCUT2D eigenvalue weighted by atomic mass is 9.80. The van der Waals surface area contributed by atoms with Crippen LogP contribution in [0.4, 0.5) is 5.69 Å². The lowest BCUT2D eigenvalue weighted by Crippen LogP contribution is -2.42. The van der Waals surface area contributed by atoms with E-state index < -0.39 is 0 Å². The molecule has 4 heteroatoms. The number of hydrogen-bond donors (Lipinski definition) is 2. The Bertz CT molecular complexity index is 413. The van der Waals surface area contributed by atoms with E-state index in [0.29, 0.717) is 0 Å². The van der Waals surface area contributed by atoms with Crippen molar-refractivity contribution >= 4 is 27.5 Å². The van der Waals surface area contributed by atoms with Gasteiger partial charge >= 0.3 is 0 Å². The Balaban J connectivity index is 2.01. The van der Waals surface area contributed by atoms with Crippen molar-refractivity contribution < 1.29 is 4.79 Å². The molecule has 2 rings (SSSR count). The second-order valence-corrected chi connectivity index (χ2v) is 5.26. The fourth-order valence-electron chi connectivity index (χ4n) is 1.83. The number of carbonyl (C=O) groups excluding carboxylic acids is 1. The van der Waals surface area contributed by atoms with E-state index in [1.807, 2.05) is 25.1 Å². The smallest absolute Gasteiger partial charge is 0.227 e. The standard InChI is InChI=1S/C12H15BrN2O/c1-7-2-3-11(10(13)4-7)15-12(16)8-5-9(14)6-8/h2-4,8-9H,5-6,14H2,1H3,(H,15,16). The molecule has 1 aliphatic rings. The van der Waals surface area contributed by atoms with Crippen LogP contribution in [0.5, 0.6) is 0 Å². The van der Waals surface area contributed by atoms with Crippen molar-refractivity contribution in [1.82, 2.24) is 0 Å². The van der Waals surface area contributed by atoms with E-state index >= 15 is 0 Å². The highest BCUT2D eigenvalue weighted by molar-refractivity contribution is 9.10. The van der Waals surface area contributed by atoms with Crippen LogP contribution in [0.25, 0.3) is 0 Å². The van der Waals surface area contributed by atoms with E-state index in [0.717, 1.165) is 28.6 Å². The number of hydrogen-bond acceptors (Lipinski definition) is 2. The van der Waals surface area contributed by atoms with Gasteiger partial charge in [-0.15, -0.1) is 0 Å². The molecule has 1 fully saturated rings. The molecule has 0 bridgehead atoms. The minimum atomic E-state index is 0.0752. The van der Waals surface area contributed by atoms with Crippen LogP contribution >= 0.6 is 15.9 Å². The maximum Gasteiger partial charge on any atom is 0.227 e. The Labute approximate surface area is 104 Å². The normalized spacial score (nSPS) is 23.7. The van der Waals surface area contributed by atoms with Crippen LogP contribution in [-0.4, -0.2) is 11.9 Å². The van der Waals surface area contributed by atoms with Crippen LogP contribution < -0.4 is 11.1 Å². The van der Waals surface area contributed by atoms with Crippen molar-refractivity contribution in [2.45, 2.75) is 25.8 Å². The van der Waals surface area contributed by atoms with E-state index in [1.165, 1.54) is 0 Å². The third kappa shape index (κ3) is 2.44. The fraction of sp³-hybridized carbons (Fsp3) is 0.417. The summed E-state index contributed by atoms with van der Waals surface area (Å²) in [5.41, 5.74) is 7.65. The quantitative estimate of drug-likeness (QED) is 0.875. The van der Waals surface area contributed by atoms with Crippen molar-refractivity contribution in [3.63, 3.8) is 0 Å². The molecule has 3 N–H and O–H groups in total. The summed E-state index contributed by atoms with van der Waals surface area (Å²) in [6, 6.07) is 6.09. The van der Waals surface area contributed by atoms with Crippen LogP contribution in [-0.2, 0) is 4.79 Å². The summed E-state index contributed by atoms with van der Waals surface area (Å²) in [5.74, 6) is 0.162. The number of nitrogens with one attached hydrogen (secondary N) is 1. The summed E-state index contributed by atoms with van der Waals surface area (Å²) in [7, 11) is 0. The maximum atomic E-state index is 11.8. The molecule has 1 aliphatic carbocycles. The highest BCUT2D eigenvalue weighted by atomic mass is 79.9. The van der Waals surface area contributed by atoms with Gasteiger partial charge in [0.2, 0.25) is 5.91 Å². The SMILES string of the molecule is Cc1ccc(NC(=O)C2CC(N)C2)c(Br)c1. The van der Waals surface area contributed by atoms with Crippen molar-refractivity contribution in [2.75, 3.05) is 5.32 Å². The summed E-state index contributed by atoms with van der Waals surface area (Å²) in [4.78, 5) is 11.8. The summed E-state index contributed by atoms with van der Waals surface area (Å²) < 4.78 is 0.921. The van der Waals surface area contributed by atoms with Gasteiger partial charge in [-0.1, -0.05) is 6.07 Å². The van der Waals surface area contributed by atoms with E-state index in [2.05, 4.69) is 21.2 Å². The van der Waals surface area contributed by atoms with E-state index in [-0.39, 0.29) is 17.9 Å². The zero-order chi connectivity index (χ0) is 11.7. The Morgan fingerprint density at radius 1 is 1.50 bits per heavy atom. The molecule has 0 aliphatic heterocycles. The Morgan fingerprint density at radius 2 is 2.19 bits per heavy atom. The third-order valence-corrected chi connectivity index (χ3v) is 3.58. The predicted octanol–water partition coefficient (Wildman–Crippen LogP) is 2.43. The van der Waals surface area contributed by atoms with Gasteiger partial charge in [-0.25, -0.2) is 0 Å². The number of aryl methyl sites for hydroxylation is 1. The number of halogens is 1. The van der Waals surface area contributed by atoms with Crippen LogP contribution in [0.1, 0.15) is 18.4 Å². The van der Waals surface area contributed by atoms with Crippen LogP contribution in [0.3, 0.4) is 0 Å². The average Bonchev–Trinajstić information content (AvgIpc) is 2.17. The van der Waals surface area contributed by atoms with Crippen LogP contribution in [0.2, 0.25) is 0 Å². The van der Waals surface area contributed by atoms with E-state index in [1.54, 1.807) is 0 Å². The highest BCUT2D eigenvalue weighted by Crippen LogP contribution is 2.29. The number of rotatable bonds is 2. The second kappa shape index (κ2) is 4.55. The summed E-state index contributed by atoms with van der Waals surface area (Å²) in [5, 5.41) is 2.92. The van der Waals surface area contributed by atoms with Crippen molar-refractivity contribution in [3.8, 4) is 0 Å². The first-order valence-corrected chi connectivity index (χ1v) is 6.18. The number of anilines is 1. The van der Waals surface area contributed by atoms with E-state index in [4.69, 9.17) is 5.73 Å². The van der Waals surface area contributed by atoms with Gasteiger partial charge < -0.3 is 11.1 Å². The zero-order valence-corrected chi connectivity index (χ0v) is 10.8. The zero-order valence-electron chi connectivity index (χ0n) is 9.16. The molecule has 3 nitrogen and oxygen atoms in total. The Kier molecular flexibility index (Phi) is 3.30. The molecule has 1 saturated carbocycles. The van der Waals surface area contributed by atoms with Gasteiger partial charge in [-0.2, -0.15) is 0 Å².